The quantitative estimate of drug-likeness (QED) is 0.388. The highest BCUT2D eigenvalue weighted by atomic mass is 35.5. The first-order valence-corrected chi connectivity index (χ1v) is 10.3. The van der Waals surface area contributed by atoms with Gasteiger partial charge in [-0.1, -0.05) is 79.5 Å². The van der Waals surface area contributed by atoms with E-state index in [0.717, 1.165) is 19.3 Å². The van der Waals surface area contributed by atoms with Crippen molar-refractivity contribution in [2.75, 3.05) is 6.61 Å². The van der Waals surface area contributed by atoms with E-state index in [0.29, 0.717) is 24.3 Å². The Morgan fingerprint density at radius 3 is 1.86 bits per heavy atom. The molecule has 1 nitrogen and oxygen atoms in total. The number of rotatable bonds is 8. The van der Waals surface area contributed by atoms with Crippen LogP contribution in [0.5, 0.6) is 5.75 Å². The first kappa shape index (κ1) is 20.4. The van der Waals surface area contributed by atoms with Gasteiger partial charge < -0.3 is 4.74 Å². The van der Waals surface area contributed by atoms with Gasteiger partial charge >= 0.3 is 0 Å². The highest BCUT2D eigenvalue weighted by Crippen LogP contribution is 2.30. The first-order chi connectivity index (χ1) is 13.6. The van der Waals surface area contributed by atoms with Crippen LogP contribution in [0.15, 0.2) is 60.7 Å². The SMILES string of the molecule is CCCc1ccc(-c2ccc(CCc3ccc(OCC)c(Cl)c3F)cc2)cc1. The summed E-state index contributed by atoms with van der Waals surface area (Å²) >= 11 is 6.08. The van der Waals surface area contributed by atoms with Gasteiger partial charge in [-0.15, -0.1) is 0 Å². The number of ether oxygens (including phenoxy) is 1. The fourth-order valence-electron chi connectivity index (χ4n) is 3.33. The molecule has 0 atom stereocenters. The summed E-state index contributed by atoms with van der Waals surface area (Å²) in [7, 11) is 0. The van der Waals surface area contributed by atoms with Crippen molar-refractivity contribution in [2.24, 2.45) is 0 Å². The van der Waals surface area contributed by atoms with E-state index in [4.69, 9.17) is 16.3 Å². The van der Waals surface area contributed by atoms with E-state index in [1.165, 1.54) is 22.3 Å². The molecule has 0 heterocycles. The van der Waals surface area contributed by atoms with Crippen molar-refractivity contribution in [3.05, 3.63) is 88.2 Å². The van der Waals surface area contributed by atoms with Crippen molar-refractivity contribution < 1.29 is 9.13 Å². The fourth-order valence-corrected chi connectivity index (χ4v) is 3.57. The van der Waals surface area contributed by atoms with Crippen molar-refractivity contribution in [1.82, 2.24) is 0 Å². The third kappa shape index (κ3) is 4.94. The van der Waals surface area contributed by atoms with Crippen LogP contribution in [0.4, 0.5) is 4.39 Å². The monoisotopic (exact) mass is 396 g/mol. The third-order valence-electron chi connectivity index (χ3n) is 4.89. The van der Waals surface area contributed by atoms with Crippen molar-refractivity contribution >= 4 is 11.6 Å². The molecule has 3 heteroatoms. The molecule has 0 fully saturated rings. The highest BCUT2D eigenvalue weighted by molar-refractivity contribution is 6.32. The lowest BCUT2D eigenvalue weighted by Gasteiger charge is -2.10. The molecular formula is C25H26ClFO. The van der Waals surface area contributed by atoms with Gasteiger partial charge in [-0.25, -0.2) is 4.39 Å². The lowest BCUT2D eigenvalue weighted by atomic mass is 9.99. The van der Waals surface area contributed by atoms with Crippen LogP contribution >= 0.6 is 11.6 Å². The van der Waals surface area contributed by atoms with Crippen LogP contribution in [0.25, 0.3) is 11.1 Å². The van der Waals surface area contributed by atoms with Crippen LogP contribution in [-0.4, -0.2) is 6.61 Å². The summed E-state index contributed by atoms with van der Waals surface area (Å²) < 4.78 is 19.8. The summed E-state index contributed by atoms with van der Waals surface area (Å²) in [5, 5.41) is 0.0706. The van der Waals surface area contributed by atoms with Crippen molar-refractivity contribution in [1.29, 1.82) is 0 Å². The fraction of sp³-hybridized carbons (Fsp3) is 0.280. The van der Waals surface area contributed by atoms with Crippen molar-refractivity contribution in [3.63, 3.8) is 0 Å². The molecular weight excluding hydrogens is 371 g/mol. The molecule has 3 aromatic carbocycles. The molecule has 3 rings (SSSR count). The molecule has 0 aliphatic rings. The van der Waals surface area contributed by atoms with Gasteiger partial charge in [-0.3, -0.25) is 0 Å². The van der Waals surface area contributed by atoms with Crippen LogP contribution in [0.2, 0.25) is 5.02 Å². The Hall–Kier alpha value is -2.32. The van der Waals surface area contributed by atoms with Gasteiger partial charge in [0.25, 0.3) is 0 Å². The van der Waals surface area contributed by atoms with Crippen LogP contribution in [0, 0.1) is 5.82 Å². The summed E-state index contributed by atoms with van der Waals surface area (Å²) in [5.41, 5.74) is 5.58. The zero-order valence-electron chi connectivity index (χ0n) is 16.5. The normalized spacial score (nSPS) is 10.9. The maximum Gasteiger partial charge on any atom is 0.148 e. The Labute approximate surface area is 172 Å². The maximum atomic E-state index is 14.4. The molecule has 0 amide bonds. The first-order valence-electron chi connectivity index (χ1n) is 9.90. The lowest BCUT2D eigenvalue weighted by molar-refractivity contribution is 0.338. The van der Waals surface area contributed by atoms with E-state index in [9.17, 15) is 4.39 Å². The van der Waals surface area contributed by atoms with Gasteiger partial charge in [-0.2, -0.15) is 0 Å². The summed E-state index contributed by atoms with van der Waals surface area (Å²) in [6, 6.07) is 20.8. The molecule has 0 saturated heterocycles. The van der Waals surface area contributed by atoms with Gasteiger partial charge in [0.1, 0.15) is 16.6 Å². The van der Waals surface area contributed by atoms with E-state index in [1.807, 2.05) is 6.92 Å². The van der Waals surface area contributed by atoms with Crippen LogP contribution in [0.3, 0.4) is 0 Å². The standard InChI is InChI=1S/C25H26ClFO/c1-3-5-18-6-11-20(12-7-18)21-13-8-19(9-14-21)10-15-22-16-17-23(28-4-2)24(26)25(22)27/h6-9,11-14,16-17H,3-5,10,15H2,1-2H3. The zero-order chi connectivity index (χ0) is 19.9. The Balaban J connectivity index is 1.65. The third-order valence-corrected chi connectivity index (χ3v) is 5.24. The van der Waals surface area contributed by atoms with E-state index in [2.05, 4.69) is 55.5 Å². The molecule has 0 bridgehead atoms. The topological polar surface area (TPSA) is 9.23 Å². The summed E-state index contributed by atoms with van der Waals surface area (Å²) in [5.74, 6) is 0.0242. The molecule has 0 aromatic heterocycles. The minimum absolute atomic E-state index is 0.0706. The van der Waals surface area contributed by atoms with Crippen molar-refractivity contribution in [2.45, 2.75) is 39.5 Å². The van der Waals surface area contributed by atoms with E-state index >= 15 is 0 Å². The lowest BCUT2D eigenvalue weighted by Crippen LogP contribution is -1.99. The number of hydrogen-bond donors (Lipinski definition) is 0. The Morgan fingerprint density at radius 2 is 1.32 bits per heavy atom. The maximum absolute atomic E-state index is 14.4. The molecule has 3 aromatic rings. The van der Waals surface area contributed by atoms with Gasteiger partial charge in [0.05, 0.1) is 6.61 Å². The van der Waals surface area contributed by atoms with Crippen LogP contribution < -0.4 is 4.74 Å². The smallest absolute Gasteiger partial charge is 0.148 e. The average Bonchev–Trinajstić information content (AvgIpc) is 2.72. The van der Waals surface area contributed by atoms with Gasteiger partial charge in [0.2, 0.25) is 0 Å². The number of benzene rings is 3. The van der Waals surface area contributed by atoms with Crippen LogP contribution in [-0.2, 0) is 19.3 Å². The summed E-state index contributed by atoms with van der Waals surface area (Å²) in [4.78, 5) is 0. The Bertz CT molecular complexity index is 901. The molecule has 28 heavy (non-hydrogen) atoms. The second kappa shape index (κ2) is 9.75. The second-order valence-electron chi connectivity index (χ2n) is 6.93. The largest absolute Gasteiger partial charge is 0.492 e. The summed E-state index contributed by atoms with van der Waals surface area (Å²) in [6.07, 6.45) is 3.64. The number of hydrogen-bond acceptors (Lipinski definition) is 1. The number of halogens is 2. The van der Waals surface area contributed by atoms with Gasteiger partial charge in [0, 0.05) is 0 Å². The predicted octanol–water partition coefficient (Wildman–Crippen LogP) is 7.28. The van der Waals surface area contributed by atoms with E-state index < -0.39 is 0 Å². The highest BCUT2D eigenvalue weighted by Gasteiger charge is 2.12. The Kier molecular flexibility index (Phi) is 7.11. The minimum Gasteiger partial charge on any atom is -0.492 e. The molecule has 0 saturated carbocycles. The van der Waals surface area contributed by atoms with Crippen molar-refractivity contribution in [3.8, 4) is 16.9 Å². The van der Waals surface area contributed by atoms with Gasteiger partial charge in [0.15, 0.2) is 0 Å². The second-order valence-corrected chi connectivity index (χ2v) is 7.31. The van der Waals surface area contributed by atoms with Crippen LogP contribution in [0.1, 0.15) is 37.0 Å². The molecule has 0 aliphatic carbocycles. The Morgan fingerprint density at radius 1 is 0.750 bits per heavy atom. The summed E-state index contributed by atoms with van der Waals surface area (Å²) in [6.45, 7) is 4.51. The number of aryl methyl sites for hydroxylation is 3. The van der Waals surface area contributed by atoms with E-state index in [-0.39, 0.29) is 10.8 Å². The molecule has 0 N–H and O–H groups in total. The minimum atomic E-state index is -0.378. The predicted molar refractivity (Wildman–Crippen MR) is 116 cm³/mol. The molecule has 146 valence electrons. The average molecular weight is 397 g/mol. The molecule has 0 spiro atoms. The van der Waals surface area contributed by atoms with E-state index in [1.54, 1.807) is 12.1 Å². The molecule has 0 unspecified atom stereocenters. The zero-order valence-corrected chi connectivity index (χ0v) is 17.2. The molecule has 0 aliphatic heterocycles. The van der Waals surface area contributed by atoms with Gasteiger partial charge in [-0.05, 0) is 60.1 Å². The molecule has 0 radical (unpaired) electrons.